The average molecular weight is 300 g/mol. The molecule has 0 unspecified atom stereocenters. The molecule has 0 aliphatic carbocycles. The Kier molecular flexibility index (Phi) is 4.22. The topological polar surface area (TPSA) is 96.0 Å². The van der Waals surface area contributed by atoms with Crippen molar-refractivity contribution in [3.63, 3.8) is 0 Å². The van der Waals surface area contributed by atoms with Gasteiger partial charge in [0.25, 0.3) is 5.91 Å². The van der Waals surface area contributed by atoms with Gasteiger partial charge in [0.05, 0.1) is 0 Å². The van der Waals surface area contributed by atoms with Crippen LogP contribution in [0.4, 0.5) is 4.79 Å². The van der Waals surface area contributed by atoms with Gasteiger partial charge in [-0.05, 0) is 28.1 Å². The second-order valence-electron chi connectivity index (χ2n) is 2.66. The first-order chi connectivity index (χ1) is 7.52. The van der Waals surface area contributed by atoms with E-state index in [0.717, 1.165) is 9.35 Å². The molecule has 3 amide bonds. The first-order valence-electron chi connectivity index (χ1n) is 3.99. The summed E-state index contributed by atoms with van der Waals surface area (Å²) in [5.41, 5.74) is 4.60. The number of amides is 3. The quantitative estimate of drug-likeness (QED) is 0.641. The van der Waals surface area contributed by atoms with Crippen molar-refractivity contribution in [2.75, 3.05) is 0 Å². The number of nitriles is 1. The Labute approximate surface area is 104 Å². The van der Waals surface area contributed by atoms with E-state index in [1.165, 1.54) is 17.4 Å². The molecule has 0 saturated heterocycles. The molecule has 0 aromatic carbocycles. The summed E-state index contributed by atoms with van der Waals surface area (Å²) in [7, 11) is 0. The lowest BCUT2D eigenvalue weighted by molar-refractivity contribution is -0.115. The van der Waals surface area contributed by atoms with Gasteiger partial charge in [-0.2, -0.15) is 5.26 Å². The van der Waals surface area contributed by atoms with Crippen LogP contribution < -0.4 is 11.1 Å². The third-order valence-electron chi connectivity index (χ3n) is 1.48. The van der Waals surface area contributed by atoms with Crippen molar-refractivity contribution < 1.29 is 9.59 Å². The maximum Gasteiger partial charge on any atom is 0.319 e. The molecule has 16 heavy (non-hydrogen) atoms. The molecule has 0 atom stereocenters. The molecule has 0 saturated carbocycles. The SMILES string of the molecule is N#C/C(=C/c1cc(Br)cs1)C(=O)NC(N)=O. The Bertz CT molecular complexity index is 501. The number of primary amides is 1. The summed E-state index contributed by atoms with van der Waals surface area (Å²) in [5, 5.41) is 12.4. The van der Waals surface area contributed by atoms with E-state index < -0.39 is 11.9 Å². The smallest absolute Gasteiger partial charge is 0.319 e. The van der Waals surface area contributed by atoms with Gasteiger partial charge < -0.3 is 5.73 Å². The van der Waals surface area contributed by atoms with E-state index >= 15 is 0 Å². The maximum atomic E-state index is 11.3. The highest BCUT2D eigenvalue weighted by atomic mass is 79.9. The van der Waals surface area contributed by atoms with Crippen LogP contribution in [0.2, 0.25) is 0 Å². The minimum atomic E-state index is -0.987. The highest BCUT2D eigenvalue weighted by Crippen LogP contribution is 2.21. The Morgan fingerprint density at radius 1 is 1.62 bits per heavy atom. The number of nitrogens with two attached hydrogens (primary N) is 1. The largest absolute Gasteiger partial charge is 0.351 e. The molecule has 1 aromatic heterocycles. The van der Waals surface area contributed by atoms with Crippen molar-refractivity contribution in [1.82, 2.24) is 5.32 Å². The lowest BCUT2D eigenvalue weighted by atomic mass is 10.2. The van der Waals surface area contributed by atoms with Gasteiger partial charge >= 0.3 is 6.03 Å². The number of imide groups is 1. The normalized spacial score (nSPS) is 10.6. The van der Waals surface area contributed by atoms with E-state index in [-0.39, 0.29) is 5.57 Å². The van der Waals surface area contributed by atoms with Crippen molar-refractivity contribution in [2.45, 2.75) is 0 Å². The van der Waals surface area contributed by atoms with Crippen molar-refractivity contribution >= 4 is 45.3 Å². The summed E-state index contributed by atoms with van der Waals surface area (Å²) < 4.78 is 0.858. The number of thiophene rings is 1. The highest BCUT2D eigenvalue weighted by molar-refractivity contribution is 9.10. The second-order valence-corrected chi connectivity index (χ2v) is 4.51. The maximum absolute atomic E-state index is 11.3. The highest BCUT2D eigenvalue weighted by Gasteiger charge is 2.11. The van der Waals surface area contributed by atoms with Crippen molar-refractivity contribution in [3.05, 3.63) is 26.4 Å². The van der Waals surface area contributed by atoms with E-state index in [2.05, 4.69) is 15.9 Å². The molecule has 82 valence electrons. The summed E-state index contributed by atoms with van der Waals surface area (Å²) >= 11 is 4.60. The number of carbonyl (C=O) groups is 2. The average Bonchev–Trinajstić information content (AvgIpc) is 2.59. The van der Waals surface area contributed by atoms with Crippen molar-refractivity contribution in [1.29, 1.82) is 5.26 Å². The van der Waals surface area contributed by atoms with Gasteiger partial charge in [-0.25, -0.2) is 4.79 Å². The predicted molar refractivity (Wildman–Crippen MR) is 63.3 cm³/mol. The Morgan fingerprint density at radius 2 is 2.31 bits per heavy atom. The molecular weight excluding hydrogens is 294 g/mol. The molecule has 1 heterocycles. The van der Waals surface area contributed by atoms with Crippen LogP contribution in [0.5, 0.6) is 0 Å². The lowest BCUT2D eigenvalue weighted by Crippen LogP contribution is -2.35. The van der Waals surface area contributed by atoms with Crippen LogP contribution in [0.1, 0.15) is 4.88 Å². The van der Waals surface area contributed by atoms with Crippen molar-refractivity contribution in [3.8, 4) is 6.07 Å². The Hall–Kier alpha value is -1.65. The number of halogens is 1. The zero-order chi connectivity index (χ0) is 12.1. The fourth-order valence-electron chi connectivity index (χ4n) is 0.874. The lowest BCUT2D eigenvalue weighted by Gasteiger charge is -1.97. The fraction of sp³-hybridized carbons (Fsp3) is 0. The number of nitrogens with zero attached hydrogens (tertiary/aromatic N) is 1. The molecule has 0 spiro atoms. The molecule has 0 fully saturated rings. The van der Waals surface area contributed by atoms with Crippen LogP contribution >= 0.6 is 27.3 Å². The van der Waals surface area contributed by atoms with Crippen LogP contribution in [0, 0.1) is 11.3 Å². The predicted octanol–water partition coefficient (Wildman–Crippen LogP) is 1.61. The van der Waals surface area contributed by atoms with Crippen molar-refractivity contribution in [2.24, 2.45) is 5.73 Å². The second kappa shape index (κ2) is 5.44. The number of hydrogen-bond acceptors (Lipinski definition) is 4. The van der Waals surface area contributed by atoms with Gasteiger partial charge in [0.1, 0.15) is 11.6 Å². The number of hydrogen-bond donors (Lipinski definition) is 2. The third kappa shape index (κ3) is 3.49. The van der Waals surface area contributed by atoms with E-state index in [1.807, 2.05) is 10.7 Å². The summed E-state index contributed by atoms with van der Waals surface area (Å²) in [4.78, 5) is 22.4. The summed E-state index contributed by atoms with van der Waals surface area (Å²) in [6, 6.07) is 2.46. The van der Waals surface area contributed by atoms with Gasteiger partial charge in [-0.3, -0.25) is 10.1 Å². The van der Waals surface area contributed by atoms with Gasteiger partial charge in [0, 0.05) is 14.7 Å². The molecular formula is C9H6BrN3O2S. The third-order valence-corrected chi connectivity index (χ3v) is 3.12. The number of nitrogens with one attached hydrogen (secondary N) is 1. The number of urea groups is 1. The zero-order valence-electron chi connectivity index (χ0n) is 7.86. The van der Waals surface area contributed by atoms with Crippen LogP contribution in [0.15, 0.2) is 21.5 Å². The zero-order valence-corrected chi connectivity index (χ0v) is 10.3. The van der Waals surface area contributed by atoms with E-state index in [4.69, 9.17) is 11.0 Å². The van der Waals surface area contributed by atoms with Crippen LogP contribution in [0.3, 0.4) is 0 Å². The van der Waals surface area contributed by atoms with E-state index in [1.54, 1.807) is 12.1 Å². The van der Waals surface area contributed by atoms with Gasteiger partial charge in [0.2, 0.25) is 0 Å². The van der Waals surface area contributed by atoms with E-state index in [0.29, 0.717) is 0 Å². The molecule has 1 rings (SSSR count). The van der Waals surface area contributed by atoms with Gasteiger partial charge in [-0.1, -0.05) is 0 Å². The van der Waals surface area contributed by atoms with E-state index in [9.17, 15) is 9.59 Å². The molecule has 0 radical (unpaired) electrons. The van der Waals surface area contributed by atoms with Crippen LogP contribution in [-0.4, -0.2) is 11.9 Å². The molecule has 0 aliphatic heterocycles. The molecule has 0 aliphatic rings. The Balaban J connectivity index is 2.91. The monoisotopic (exact) mass is 299 g/mol. The molecule has 0 bridgehead atoms. The minimum absolute atomic E-state index is 0.173. The Morgan fingerprint density at radius 3 is 2.75 bits per heavy atom. The first kappa shape index (κ1) is 12.4. The molecule has 3 N–H and O–H groups in total. The van der Waals surface area contributed by atoms with Crippen LogP contribution in [0.25, 0.3) is 6.08 Å². The number of rotatable bonds is 2. The fourth-order valence-corrected chi connectivity index (χ4v) is 2.25. The number of carbonyl (C=O) groups excluding carboxylic acids is 2. The van der Waals surface area contributed by atoms with Gasteiger partial charge in [-0.15, -0.1) is 11.3 Å². The molecule has 1 aromatic rings. The summed E-state index contributed by atoms with van der Waals surface area (Å²) in [6.45, 7) is 0. The standard InChI is InChI=1S/C9H6BrN3O2S/c10-6-2-7(16-4-6)1-5(3-11)8(14)13-9(12)15/h1-2,4H,(H3,12,13,14,15)/b5-1-. The molecule has 7 heteroatoms. The summed E-state index contributed by atoms with van der Waals surface area (Å²) in [5.74, 6) is -0.806. The first-order valence-corrected chi connectivity index (χ1v) is 5.67. The molecule has 5 nitrogen and oxygen atoms in total. The minimum Gasteiger partial charge on any atom is -0.351 e. The summed E-state index contributed by atoms with van der Waals surface area (Å²) in [6.07, 6.45) is 1.38. The van der Waals surface area contributed by atoms with Gasteiger partial charge in [0.15, 0.2) is 0 Å². The van der Waals surface area contributed by atoms with Crippen LogP contribution in [-0.2, 0) is 4.79 Å².